The quantitative estimate of drug-likeness (QED) is 0.206. The van der Waals surface area contributed by atoms with Crippen LogP contribution in [0, 0.1) is 0 Å². The van der Waals surface area contributed by atoms with E-state index in [0.717, 1.165) is 40.3 Å². The minimum atomic E-state index is 0.386. The summed E-state index contributed by atoms with van der Waals surface area (Å²) in [7, 11) is 0. The standard InChI is InChI=1S/C9H21NS7/c11-1-3-15-6-8(5-13)17-9(10-14)7-16-4-2-12/h8-14H,1-7H2. The van der Waals surface area contributed by atoms with Crippen LogP contribution in [0.1, 0.15) is 0 Å². The highest BCUT2D eigenvalue weighted by molar-refractivity contribution is 8.06. The number of nitrogens with one attached hydrogen (secondary N) is 1. The Hall–Kier alpha value is 2.41. The number of thioether (sulfide) groups is 3. The van der Waals surface area contributed by atoms with Crippen LogP contribution in [0.25, 0.3) is 0 Å². The number of rotatable bonds is 12. The molecule has 8 heteroatoms. The minimum Gasteiger partial charge on any atom is -0.253 e. The molecule has 0 spiro atoms. The Kier molecular flexibility index (Phi) is 16.9. The average molecular weight is 368 g/mol. The second-order valence-electron chi connectivity index (χ2n) is 3.16. The summed E-state index contributed by atoms with van der Waals surface area (Å²) < 4.78 is 3.07. The molecule has 0 saturated carbocycles. The molecule has 0 saturated heterocycles. The highest BCUT2D eigenvalue weighted by atomic mass is 32.2. The molecule has 17 heavy (non-hydrogen) atoms. The number of hydrogen-bond acceptors (Lipinski definition) is 8. The molecule has 1 nitrogen and oxygen atoms in total. The maximum absolute atomic E-state index is 4.42. The monoisotopic (exact) mass is 367 g/mol. The van der Waals surface area contributed by atoms with Crippen LogP contribution in [0.3, 0.4) is 0 Å². The Morgan fingerprint density at radius 2 is 1.53 bits per heavy atom. The van der Waals surface area contributed by atoms with Gasteiger partial charge in [0.25, 0.3) is 0 Å². The van der Waals surface area contributed by atoms with Crippen LogP contribution in [-0.4, -0.2) is 50.9 Å². The third-order valence-electron chi connectivity index (χ3n) is 1.75. The summed E-state index contributed by atoms with van der Waals surface area (Å²) in [6, 6.07) is 0. The van der Waals surface area contributed by atoms with Crippen LogP contribution >= 0.6 is 86.0 Å². The van der Waals surface area contributed by atoms with Crippen molar-refractivity contribution in [1.82, 2.24) is 4.72 Å². The fourth-order valence-corrected chi connectivity index (χ4v) is 5.83. The van der Waals surface area contributed by atoms with Crippen molar-refractivity contribution >= 4 is 86.0 Å². The summed E-state index contributed by atoms with van der Waals surface area (Å²) in [6.07, 6.45) is 0. The smallest absolute Gasteiger partial charge is 0.0718 e. The molecule has 0 aliphatic heterocycles. The zero-order valence-electron chi connectivity index (χ0n) is 9.62. The lowest BCUT2D eigenvalue weighted by molar-refractivity contribution is 0.962. The Morgan fingerprint density at radius 3 is 2.00 bits per heavy atom. The first-order valence-corrected chi connectivity index (χ1v) is 10.9. The van der Waals surface area contributed by atoms with Crippen LogP contribution in [0.2, 0.25) is 0 Å². The molecule has 0 rings (SSSR count). The van der Waals surface area contributed by atoms with Crippen molar-refractivity contribution in [2.75, 3.05) is 40.3 Å². The second-order valence-corrected chi connectivity index (χ2v) is 8.48. The molecule has 104 valence electrons. The predicted octanol–water partition coefficient (Wildman–Crippen LogP) is 3.10. The molecule has 0 heterocycles. The van der Waals surface area contributed by atoms with Gasteiger partial charge in [-0.2, -0.15) is 61.4 Å². The maximum atomic E-state index is 4.42. The molecule has 1 N–H and O–H groups in total. The van der Waals surface area contributed by atoms with Gasteiger partial charge in [-0.15, -0.1) is 11.8 Å². The van der Waals surface area contributed by atoms with Crippen molar-refractivity contribution in [2.24, 2.45) is 0 Å². The van der Waals surface area contributed by atoms with E-state index in [9.17, 15) is 0 Å². The topological polar surface area (TPSA) is 12.0 Å². The van der Waals surface area contributed by atoms with Gasteiger partial charge in [-0.3, -0.25) is 4.72 Å². The van der Waals surface area contributed by atoms with Gasteiger partial charge < -0.3 is 0 Å². The van der Waals surface area contributed by atoms with Gasteiger partial charge in [-0.25, -0.2) is 0 Å². The molecule has 0 aromatic carbocycles. The predicted molar refractivity (Wildman–Crippen MR) is 103 cm³/mol. The van der Waals surface area contributed by atoms with Gasteiger partial charge in [0, 0.05) is 34.0 Å². The van der Waals surface area contributed by atoms with Gasteiger partial charge in [0.2, 0.25) is 0 Å². The van der Waals surface area contributed by atoms with E-state index >= 15 is 0 Å². The molecule has 0 fully saturated rings. The molecule has 0 amide bonds. The number of hydrogen-bond donors (Lipinski definition) is 5. The molecule has 0 aliphatic carbocycles. The molecule has 0 aromatic rings. The maximum Gasteiger partial charge on any atom is 0.0718 e. The normalized spacial score (nSPS) is 14.8. The summed E-state index contributed by atoms with van der Waals surface area (Å²) in [4.78, 5) is 0. The first kappa shape index (κ1) is 19.4. The zero-order chi connectivity index (χ0) is 12.9. The number of thiol groups is 4. The van der Waals surface area contributed by atoms with E-state index in [-0.39, 0.29) is 0 Å². The van der Waals surface area contributed by atoms with Crippen molar-refractivity contribution in [3.05, 3.63) is 0 Å². The molecule has 0 bridgehead atoms. The lowest BCUT2D eigenvalue weighted by Crippen LogP contribution is -2.25. The molecule has 2 atom stereocenters. The minimum absolute atomic E-state index is 0.386. The van der Waals surface area contributed by atoms with Gasteiger partial charge in [0.15, 0.2) is 0 Å². The van der Waals surface area contributed by atoms with Crippen LogP contribution < -0.4 is 4.72 Å². The second kappa shape index (κ2) is 14.8. The molecule has 0 aromatic heterocycles. The molecule has 2 unspecified atom stereocenters. The van der Waals surface area contributed by atoms with E-state index in [1.165, 1.54) is 0 Å². The first-order chi connectivity index (χ1) is 8.28. The lowest BCUT2D eigenvalue weighted by atomic mass is 10.5. The summed E-state index contributed by atoms with van der Waals surface area (Å²) >= 11 is 22.8. The van der Waals surface area contributed by atoms with Crippen LogP contribution in [0.15, 0.2) is 0 Å². The summed E-state index contributed by atoms with van der Waals surface area (Å²) in [5.74, 6) is 7.20. The van der Waals surface area contributed by atoms with E-state index in [1.54, 1.807) is 0 Å². The lowest BCUT2D eigenvalue weighted by Gasteiger charge is -2.20. The largest absolute Gasteiger partial charge is 0.253 e. The van der Waals surface area contributed by atoms with Gasteiger partial charge in [0.1, 0.15) is 0 Å². The van der Waals surface area contributed by atoms with Crippen LogP contribution in [-0.2, 0) is 0 Å². The highest BCUT2D eigenvalue weighted by Gasteiger charge is 2.15. The Bertz CT molecular complexity index is 144. The molecule has 0 aliphatic rings. The summed E-state index contributed by atoms with van der Waals surface area (Å²) in [6.45, 7) is 0. The van der Waals surface area contributed by atoms with E-state index in [2.05, 4.69) is 55.4 Å². The Balaban J connectivity index is 3.77. The highest BCUT2D eigenvalue weighted by Crippen LogP contribution is 2.24. The molecule has 0 radical (unpaired) electrons. The van der Waals surface area contributed by atoms with E-state index in [4.69, 9.17) is 0 Å². The molecular formula is C9H21NS7. The third kappa shape index (κ3) is 11.9. The summed E-state index contributed by atoms with van der Waals surface area (Å²) in [5, 5.41) is 0.960. The fraction of sp³-hybridized carbons (Fsp3) is 1.00. The van der Waals surface area contributed by atoms with Crippen LogP contribution in [0.4, 0.5) is 0 Å². The van der Waals surface area contributed by atoms with E-state index < -0.39 is 0 Å². The van der Waals surface area contributed by atoms with Crippen molar-refractivity contribution in [1.29, 1.82) is 0 Å². The SMILES string of the molecule is SCCSCC(CS)SC(CSCCS)NS. The van der Waals surface area contributed by atoms with Crippen molar-refractivity contribution < 1.29 is 0 Å². The van der Waals surface area contributed by atoms with E-state index in [0.29, 0.717) is 10.6 Å². The molecular weight excluding hydrogens is 347 g/mol. The van der Waals surface area contributed by atoms with E-state index in [1.807, 2.05) is 35.3 Å². The van der Waals surface area contributed by atoms with Gasteiger partial charge in [-0.05, 0) is 11.5 Å². The van der Waals surface area contributed by atoms with Gasteiger partial charge >= 0.3 is 0 Å². The van der Waals surface area contributed by atoms with Crippen molar-refractivity contribution in [2.45, 2.75) is 10.6 Å². The fourth-order valence-electron chi connectivity index (χ4n) is 1.01. The zero-order valence-corrected chi connectivity index (χ0v) is 15.6. The van der Waals surface area contributed by atoms with Crippen LogP contribution in [0.5, 0.6) is 0 Å². The van der Waals surface area contributed by atoms with Gasteiger partial charge in [-0.1, -0.05) is 12.8 Å². The van der Waals surface area contributed by atoms with Crippen molar-refractivity contribution in [3.8, 4) is 0 Å². The van der Waals surface area contributed by atoms with Gasteiger partial charge in [0.05, 0.1) is 5.37 Å². The first-order valence-electron chi connectivity index (χ1n) is 5.31. The van der Waals surface area contributed by atoms with Crippen molar-refractivity contribution in [3.63, 3.8) is 0 Å². The Labute approximate surface area is 140 Å². The summed E-state index contributed by atoms with van der Waals surface area (Å²) in [5.41, 5.74) is 0. The third-order valence-corrected chi connectivity index (χ3v) is 7.92. The average Bonchev–Trinajstić information content (AvgIpc) is 2.36. The Morgan fingerprint density at radius 1 is 0.941 bits per heavy atom.